The van der Waals surface area contributed by atoms with Crippen LogP contribution in [0.25, 0.3) is 0 Å². The Kier molecular flexibility index (Phi) is 3.42. The van der Waals surface area contributed by atoms with Crippen molar-refractivity contribution in [3.05, 3.63) is 15.6 Å². The molecule has 15 heavy (non-hydrogen) atoms. The van der Waals surface area contributed by atoms with Crippen LogP contribution in [0.5, 0.6) is 0 Å². The van der Waals surface area contributed by atoms with Gasteiger partial charge in [0.15, 0.2) is 0 Å². The molecule has 2 heterocycles. The van der Waals surface area contributed by atoms with Crippen LogP contribution in [-0.4, -0.2) is 11.5 Å². The van der Waals surface area contributed by atoms with Gasteiger partial charge in [-0.15, -0.1) is 11.3 Å². The summed E-state index contributed by atoms with van der Waals surface area (Å²) in [5, 5.41) is 4.93. The molecule has 0 bridgehead atoms. The van der Waals surface area contributed by atoms with Crippen LogP contribution in [0.1, 0.15) is 48.8 Å². The van der Waals surface area contributed by atoms with Gasteiger partial charge in [0.25, 0.3) is 0 Å². The maximum Gasteiger partial charge on any atom is 0.0931 e. The highest BCUT2D eigenvalue weighted by molar-refractivity contribution is 7.11. The van der Waals surface area contributed by atoms with Gasteiger partial charge in [0.1, 0.15) is 0 Å². The van der Waals surface area contributed by atoms with E-state index in [0.29, 0.717) is 12.0 Å². The predicted molar refractivity (Wildman–Crippen MR) is 65.4 cm³/mol. The summed E-state index contributed by atoms with van der Waals surface area (Å²) in [6.07, 6.45) is 3.45. The lowest BCUT2D eigenvalue weighted by Gasteiger charge is -2.26. The standard InChI is InChI=1S/C12H20N2S/c1-4-5-10-14-9-6-7-13-11(8(2)3)12(9)15-10/h8,11,13H,4-7H2,1-3H3. The molecular weight excluding hydrogens is 204 g/mol. The second-order valence-corrected chi connectivity index (χ2v) is 5.71. The van der Waals surface area contributed by atoms with Crippen LogP contribution in [0.15, 0.2) is 0 Å². The minimum absolute atomic E-state index is 0.539. The first-order chi connectivity index (χ1) is 7.22. The quantitative estimate of drug-likeness (QED) is 0.854. The number of thiazole rings is 1. The molecule has 0 spiro atoms. The van der Waals surface area contributed by atoms with Crippen molar-refractivity contribution in [2.45, 2.75) is 46.1 Å². The molecule has 2 rings (SSSR count). The maximum atomic E-state index is 4.75. The van der Waals surface area contributed by atoms with Crippen LogP contribution in [0.2, 0.25) is 0 Å². The molecule has 1 aliphatic heterocycles. The maximum absolute atomic E-state index is 4.75. The molecule has 0 amide bonds. The summed E-state index contributed by atoms with van der Waals surface area (Å²) in [6, 6.07) is 0.539. The lowest BCUT2D eigenvalue weighted by atomic mass is 9.98. The molecule has 1 N–H and O–H groups in total. The number of hydrogen-bond acceptors (Lipinski definition) is 3. The zero-order chi connectivity index (χ0) is 10.8. The van der Waals surface area contributed by atoms with Gasteiger partial charge in [0.05, 0.1) is 10.7 Å². The Hall–Kier alpha value is -0.410. The van der Waals surface area contributed by atoms with E-state index in [4.69, 9.17) is 4.98 Å². The van der Waals surface area contributed by atoms with Crippen molar-refractivity contribution in [1.82, 2.24) is 10.3 Å². The van der Waals surface area contributed by atoms with Crippen LogP contribution in [0, 0.1) is 5.92 Å². The average molecular weight is 224 g/mol. The van der Waals surface area contributed by atoms with Crippen molar-refractivity contribution in [3.8, 4) is 0 Å². The second kappa shape index (κ2) is 4.62. The Morgan fingerprint density at radius 1 is 1.53 bits per heavy atom. The fourth-order valence-corrected chi connectivity index (χ4v) is 3.60. The highest BCUT2D eigenvalue weighted by Gasteiger charge is 2.25. The molecule has 0 radical (unpaired) electrons. The normalized spacial score (nSPS) is 20.7. The van der Waals surface area contributed by atoms with E-state index in [9.17, 15) is 0 Å². The van der Waals surface area contributed by atoms with Crippen molar-refractivity contribution < 1.29 is 0 Å². The molecule has 2 nitrogen and oxygen atoms in total. The lowest BCUT2D eigenvalue weighted by molar-refractivity contribution is 0.399. The van der Waals surface area contributed by atoms with Crippen molar-refractivity contribution >= 4 is 11.3 Å². The second-order valence-electron chi connectivity index (χ2n) is 4.59. The minimum atomic E-state index is 0.539. The molecule has 84 valence electrons. The fourth-order valence-electron chi connectivity index (χ4n) is 2.13. The number of fused-ring (bicyclic) bond motifs is 1. The summed E-state index contributed by atoms with van der Waals surface area (Å²) < 4.78 is 0. The molecule has 1 aromatic heterocycles. The van der Waals surface area contributed by atoms with Gasteiger partial charge in [-0.25, -0.2) is 4.98 Å². The molecule has 0 fully saturated rings. The lowest BCUT2D eigenvalue weighted by Crippen LogP contribution is -2.32. The van der Waals surface area contributed by atoms with Gasteiger partial charge in [-0.3, -0.25) is 0 Å². The van der Waals surface area contributed by atoms with Crippen molar-refractivity contribution in [1.29, 1.82) is 0 Å². The smallest absolute Gasteiger partial charge is 0.0931 e. The first-order valence-electron chi connectivity index (χ1n) is 5.94. The summed E-state index contributed by atoms with van der Waals surface area (Å²) in [6.45, 7) is 7.88. The monoisotopic (exact) mass is 224 g/mol. The Balaban J connectivity index is 2.26. The fraction of sp³-hybridized carbons (Fsp3) is 0.750. The van der Waals surface area contributed by atoms with Gasteiger partial charge >= 0.3 is 0 Å². The Morgan fingerprint density at radius 3 is 3.00 bits per heavy atom. The Labute approximate surface area is 96.1 Å². The molecule has 1 aliphatic rings. The Bertz CT molecular complexity index is 330. The first kappa shape index (κ1) is 11.1. The molecule has 0 aliphatic carbocycles. The van der Waals surface area contributed by atoms with E-state index < -0.39 is 0 Å². The third kappa shape index (κ3) is 2.23. The summed E-state index contributed by atoms with van der Waals surface area (Å²) in [7, 11) is 0. The molecule has 1 aromatic rings. The summed E-state index contributed by atoms with van der Waals surface area (Å²) >= 11 is 1.92. The van der Waals surface area contributed by atoms with E-state index in [0.717, 1.165) is 19.4 Å². The van der Waals surface area contributed by atoms with E-state index >= 15 is 0 Å². The van der Waals surface area contributed by atoms with Gasteiger partial charge in [0.2, 0.25) is 0 Å². The van der Waals surface area contributed by atoms with Crippen molar-refractivity contribution in [2.75, 3.05) is 6.54 Å². The topological polar surface area (TPSA) is 24.9 Å². The van der Waals surface area contributed by atoms with Crippen LogP contribution in [-0.2, 0) is 12.8 Å². The third-order valence-electron chi connectivity index (χ3n) is 2.91. The summed E-state index contributed by atoms with van der Waals surface area (Å²) in [5.41, 5.74) is 1.36. The molecule has 1 unspecified atom stereocenters. The predicted octanol–water partition coefficient (Wildman–Crippen LogP) is 2.94. The number of nitrogens with zero attached hydrogens (tertiary/aromatic N) is 1. The highest BCUT2D eigenvalue weighted by atomic mass is 32.1. The number of rotatable bonds is 3. The third-order valence-corrected chi connectivity index (χ3v) is 4.15. The van der Waals surface area contributed by atoms with Gasteiger partial charge in [-0.1, -0.05) is 20.8 Å². The molecule has 1 atom stereocenters. The molecule has 0 aromatic carbocycles. The SMILES string of the molecule is CCCc1nc2c(s1)C(C(C)C)NCC2. The zero-order valence-electron chi connectivity index (χ0n) is 9.84. The molecular formula is C12H20N2S. The molecule has 0 saturated heterocycles. The zero-order valence-corrected chi connectivity index (χ0v) is 10.7. The molecule has 3 heteroatoms. The number of aryl methyl sites for hydroxylation is 1. The molecule has 0 saturated carbocycles. The van der Waals surface area contributed by atoms with Gasteiger partial charge in [0, 0.05) is 23.9 Å². The van der Waals surface area contributed by atoms with Crippen LogP contribution in [0.3, 0.4) is 0 Å². The largest absolute Gasteiger partial charge is 0.309 e. The van der Waals surface area contributed by atoms with E-state index in [2.05, 4.69) is 26.1 Å². The first-order valence-corrected chi connectivity index (χ1v) is 6.76. The highest BCUT2D eigenvalue weighted by Crippen LogP contribution is 2.33. The van der Waals surface area contributed by atoms with E-state index in [1.54, 1.807) is 0 Å². The van der Waals surface area contributed by atoms with Gasteiger partial charge in [-0.2, -0.15) is 0 Å². The Morgan fingerprint density at radius 2 is 2.33 bits per heavy atom. The number of nitrogens with one attached hydrogen (secondary N) is 1. The van der Waals surface area contributed by atoms with Crippen LogP contribution < -0.4 is 5.32 Å². The summed E-state index contributed by atoms with van der Waals surface area (Å²) in [5.74, 6) is 0.666. The minimum Gasteiger partial charge on any atom is -0.309 e. The van der Waals surface area contributed by atoms with Gasteiger partial charge < -0.3 is 5.32 Å². The number of hydrogen-bond donors (Lipinski definition) is 1. The van der Waals surface area contributed by atoms with Crippen LogP contribution >= 0.6 is 11.3 Å². The van der Waals surface area contributed by atoms with Crippen molar-refractivity contribution in [3.63, 3.8) is 0 Å². The summed E-state index contributed by atoms with van der Waals surface area (Å²) in [4.78, 5) is 6.25. The van der Waals surface area contributed by atoms with E-state index in [1.165, 1.54) is 22.0 Å². The van der Waals surface area contributed by atoms with E-state index in [-0.39, 0.29) is 0 Å². The van der Waals surface area contributed by atoms with E-state index in [1.807, 2.05) is 11.3 Å². The average Bonchev–Trinajstić information content (AvgIpc) is 2.59. The van der Waals surface area contributed by atoms with Crippen LogP contribution in [0.4, 0.5) is 0 Å². The van der Waals surface area contributed by atoms with Crippen molar-refractivity contribution in [2.24, 2.45) is 5.92 Å². The number of aromatic nitrogens is 1. The van der Waals surface area contributed by atoms with Gasteiger partial charge in [-0.05, 0) is 18.8 Å².